The van der Waals surface area contributed by atoms with Crippen molar-refractivity contribution in [2.24, 2.45) is 5.92 Å². The third-order valence-electron chi connectivity index (χ3n) is 4.79. The molecule has 1 fully saturated rings. The zero-order valence-electron chi connectivity index (χ0n) is 12.6. The predicted molar refractivity (Wildman–Crippen MR) is 83.3 cm³/mol. The average molecular weight is 308 g/mol. The van der Waals surface area contributed by atoms with Gasteiger partial charge in [-0.15, -0.1) is 0 Å². The molecule has 116 valence electrons. The van der Waals surface area contributed by atoms with Gasteiger partial charge in [-0.3, -0.25) is 0 Å². The van der Waals surface area contributed by atoms with Gasteiger partial charge in [-0.05, 0) is 42.0 Å². The van der Waals surface area contributed by atoms with E-state index in [1.54, 1.807) is 6.07 Å². The Morgan fingerprint density at radius 1 is 1.10 bits per heavy atom. The molecular weight excluding hydrogens is 284 g/mol. The molecule has 1 saturated carbocycles. The molecule has 21 heavy (non-hydrogen) atoms. The number of rotatable bonds is 3. The lowest BCUT2D eigenvalue weighted by molar-refractivity contribution is 0.399. The van der Waals surface area contributed by atoms with E-state index in [0.717, 1.165) is 37.9 Å². The number of hydrogen-bond acceptors (Lipinski definition) is 3. The van der Waals surface area contributed by atoms with Crippen LogP contribution in [0.5, 0.6) is 0 Å². The van der Waals surface area contributed by atoms with Crippen LogP contribution in [0.3, 0.4) is 0 Å². The number of fused-ring (bicyclic) bond motifs is 1. The van der Waals surface area contributed by atoms with Crippen LogP contribution in [0.2, 0.25) is 0 Å². The number of benzene rings is 1. The minimum absolute atomic E-state index is 0.0730. The fourth-order valence-corrected chi connectivity index (χ4v) is 4.80. The van der Waals surface area contributed by atoms with Gasteiger partial charge in [0.15, 0.2) is 0 Å². The second-order valence-corrected chi connectivity index (χ2v) is 8.09. The molecule has 0 amide bonds. The number of nitrogens with one attached hydrogen (secondary N) is 2. The number of sulfonamides is 1. The highest BCUT2D eigenvalue weighted by Gasteiger charge is 2.26. The highest BCUT2D eigenvalue weighted by Crippen LogP contribution is 2.25. The Hall–Kier alpha value is -0.910. The van der Waals surface area contributed by atoms with Gasteiger partial charge in [0.2, 0.25) is 10.0 Å². The Labute approximate surface area is 127 Å². The lowest BCUT2D eigenvalue weighted by atomic mass is 9.98. The molecule has 0 spiro atoms. The summed E-state index contributed by atoms with van der Waals surface area (Å²) in [6.45, 7) is 3.76. The molecule has 1 aromatic carbocycles. The van der Waals surface area contributed by atoms with Crippen molar-refractivity contribution in [1.82, 2.24) is 10.0 Å². The fraction of sp³-hybridized carbons (Fsp3) is 0.625. The largest absolute Gasteiger partial charge is 0.309 e. The van der Waals surface area contributed by atoms with Crippen LogP contribution in [-0.4, -0.2) is 14.5 Å². The van der Waals surface area contributed by atoms with Crippen LogP contribution in [-0.2, 0) is 23.1 Å². The molecule has 1 aliphatic heterocycles. The highest BCUT2D eigenvalue weighted by molar-refractivity contribution is 7.89. The summed E-state index contributed by atoms with van der Waals surface area (Å²) in [5, 5.41) is 3.25. The van der Waals surface area contributed by atoms with Crippen molar-refractivity contribution in [2.75, 3.05) is 0 Å². The maximum absolute atomic E-state index is 12.6. The molecule has 0 aromatic heterocycles. The van der Waals surface area contributed by atoms with Crippen LogP contribution in [0.1, 0.15) is 50.2 Å². The molecule has 2 unspecified atom stereocenters. The van der Waals surface area contributed by atoms with E-state index in [4.69, 9.17) is 0 Å². The summed E-state index contributed by atoms with van der Waals surface area (Å²) < 4.78 is 28.2. The SMILES string of the molecule is CC1CCCCCC1NS(=O)(=O)c1ccc2c(c1)CNC2. The van der Waals surface area contributed by atoms with E-state index in [-0.39, 0.29) is 6.04 Å². The van der Waals surface area contributed by atoms with Crippen molar-refractivity contribution < 1.29 is 8.42 Å². The van der Waals surface area contributed by atoms with Crippen LogP contribution < -0.4 is 10.0 Å². The molecule has 2 atom stereocenters. The van der Waals surface area contributed by atoms with Crippen LogP contribution in [0.25, 0.3) is 0 Å². The first kappa shape index (κ1) is 15.0. The zero-order chi connectivity index (χ0) is 14.9. The topological polar surface area (TPSA) is 58.2 Å². The third kappa shape index (κ3) is 3.30. The Balaban J connectivity index is 1.80. The lowest BCUT2D eigenvalue weighted by Gasteiger charge is -2.22. The summed E-state index contributed by atoms with van der Waals surface area (Å²) in [4.78, 5) is 0.404. The Bertz CT molecular complexity index is 613. The highest BCUT2D eigenvalue weighted by atomic mass is 32.2. The second-order valence-electron chi connectivity index (χ2n) is 6.38. The van der Waals surface area contributed by atoms with Crippen molar-refractivity contribution in [3.63, 3.8) is 0 Å². The molecule has 1 aliphatic carbocycles. The minimum atomic E-state index is -3.41. The molecule has 1 aromatic rings. The summed E-state index contributed by atoms with van der Waals surface area (Å²) in [6.07, 6.45) is 5.61. The summed E-state index contributed by atoms with van der Waals surface area (Å²) in [7, 11) is -3.41. The van der Waals surface area contributed by atoms with Gasteiger partial charge in [0, 0.05) is 19.1 Å². The smallest absolute Gasteiger partial charge is 0.240 e. The van der Waals surface area contributed by atoms with Gasteiger partial charge < -0.3 is 5.32 Å². The average Bonchev–Trinajstić information content (AvgIpc) is 2.84. The van der Waals surface area contributed by atoms with E-state index in [1.165, 1.54) is 18.4 Å². The van der Waals surface area contributed by atoms with Gasteiger partial charge in [0.1, 0.15) is 0 Å². The monoisotopic (exact) mass is 308 g/mol. The normalized spacial score (nSPS) is 26.3. The minimum Gasteiger partial charge on any atom is -0.309 e. The molecule has 4 nitrogen and oxygen atoms in total. The summed E-state index contributed by atoms with van der Waals surface area (Å²) in [5.41, 5.74) is 2.31. The molecular formula is C16H24N2O2S. The molecule has 0 radical (unpaired) electrons. The van der Waals surface area contributed by atoms with E-state index in [9.17, 15) is 8.42 Å². The van der Waals surface area contributed by atoms with Crippen molar-refractivity contribution in [3.05, 3.63) is 29.3 Å². The van der Waals surface area contributed by atoms with Crippen LogP contribution >= 0.6 is 0 Å². The molecule has 2 N–H and O–H groups in total. The van der Waals surface area contributed by atoms with Crippen molar-refractivity contribution in [2.45, 2.75) is 63.1 Å². The van der Waals surface area contributed by atoms with Crippen molar-refractivity contribution in [3.8, 4) is 0 Å². The quantitative estimate of drug-likeness (QED) is 0.844. The van der Waals surface area contributed by atoms with Crippen molar-refractivity contribution in [1.29, 1.82) is 0 Å². The van der Waals surface area contributed by atoms with Crippen LogP contribution in [0, 0.1) is 5.92 Å². The second kappa shape index (κ2) is 6.07. The van der Waals surface area contributed by atoms with E-state index >= 15 is 0 Å². The molecule has 2 aliphatic rings. The first-order valence-electron chi connectivity index (χ1n) is 7.91. The van der Waals surface area contributed by atoms with E-state index in [0.29, 0.717) is 10.8 Å². The first-order chi connectivity index (χ1) is 10.1. The number of hydrogen-bond donors (Lipinski definition) is 2. The van der Waals surface area contributed by atoms with Gasteiger partial charge in [-0.2, -0.15) is 0 Å². The summed E-state index contributed by atoms with van der Waals surface area (Å²) in [6, 6.07) is 5.55. The Kier molecular flexibility index (Phi) is 4.33. The van der Waals surface area contributed by atoms with Crippen LogP contribution in [0.4, 0.5) is 0 Å². The standard InChI is InChI=1S/C16H24N2O2S/c1-12-5-3-2-4-6-16(12)18-21(19,20)15-8-7-13-10-17-11-14(13)9-15/h7-9,12,16-18H,2-6,10-11H2,1H3. The lowest BCUT2D eigenvalue weighted by Crippen LogP contribution is -2.38. The van der Waals surface area contributed by atoms with Gasteiger partial charge in [0.05, 0.1) is 4.90 Å². The third-order valence-corrected chi connectivity index (χ3v) is 6.27. The zero-order valence-corrected chi connectivity index (χ0v) is 13.4. The molecule has 3 rings (SSSR count). The Morgan fingerprint density at radius 3 is 2.71 bits per heavy atom. The van der Waals surface area contributed by atoms with Gasteiger partial charge in [-0.1, -0.05) is 32.3 Å². The van der Waals surface area contributed by atoms with Crippen molar-refractivity contribution >= 4 is 10.0 Å². The van der Waals surface area contributed by atoms with Gasteiger partial charge >= 0.3 is 0 Å². The molecule has 0 saturated heterocycles. The van der Waals surface area contributed by atoms with Gasteiger partial charge in [0.25, 0.3) is 0 Å². The predicted octanol–water partition coefficient (Wildman–Crippen LogP) is 2.54. The summed E-state index contributed by atoms with van der Waals surface area (Å²) >= 11 is 0. The Morgan fingerprint density at radius 2 is 1.86 bits per heavy atom. The molecule has 1 heterocycles. The van der Waals surface area contributed by atoms with E-state index in [1.807, 2.05) is 12.1 Å². The van der Waals surface area contributed by atoms with E-state index < -0.39 is 10.0 Å². The molecule has 5 heteroatoms. The first-order valence-corrected chi connectivity index (χ1v) is 9.39. The van der Waals surface area contributed by atoms with Crippen LogP contribution in [0.15, 0.2) is 23.1 Å². The van der Waals surface area contributed by atoms with Gasteiger partial charge in [-0.25, -0.2) is 13.1 Å². The maximum atomic E-state index is 12.6. The fourth-order valence-electron chi connectivity index (χ4n) is 3.37. The van der Waals surface area contributed by atoms with E-state index in [2.05, 4.69) is 17.0 Å². The maximum Gasteiger partial charge on any atom is 0.240 e. The summed E-state index contributed by atoms with van der Waals surface area (Å²) in [5.74, 6) is 0.415. The molecule has 0 bridgehead atoms.